The molecule has 0 saturated carbocycles. The van der Waals surface area contributed by atoms with Gasteiger partial charge in [-0.2, -0.15) is 0 Å². The topological polar surface area (TPSA) is 85.4 Å². The van der Waals surface area contributed by atoms with E-state index in [9.17, 15) is 18.7 Å². The van der Waals surface area contributed by atoms with E-state index in [0.29, 0.717) is 5.19 Å². The maximum absolute atomic E-state index is 14.5. The molecule has 1 heterocycles. The summed E-state index contributed by atoms with van der Waals surface area (Å²) >= 11 is 0. The van der Waals surface area contributed by atoms with Gasteiger partial charge in [0.2, 0.25) is 0 Å². The highest BCUT2D eigenvalue weighted by molar-refractivity contribution is 6.88. The molecule has 0 aliphatic carbocycles. The maximum atomic E-state index is 14.5. The van der Waals surface area contributed by atoms with Crippen LogP contribution < -0.4 is 15.7 Å². The molecule has 1 aromatic heterocycles. The SMILES string of the molecule is COc1c(C(=O)O)nc(-c2ccc([Si](C)(C)C)c(F)c2)c(F)c1N. The van der Waals surface area contributed by atoms with Gasteiger partial charge in [0, 0.05) is 5.56 Å². The second-order valence-corrected chi connectivity index (χ2v) is 11.4. The highest BCUT2D eigenvalue weighted by Crippen LogP contribution is 2.34. The number of anilines is 1. The lowest BCUT2D eigenvalue weighted by molar-refractivity contribution is 0.0686. The number of hydrogen-bond donors (Lipinski definition) is 2. The van der Waals surface area contributed by atoms with Crippen molar-refractivity contribution in [3.8, 4) is 17.0 Å². The van der Waals surface area contributed by atoms with E-state index in [-0.39, 0.29) is 17.0 Å². The molecule has 0 aliphatic rings. The van der Waals surface area contributed by atoms with Crippen LogP contribution in [-0.2, 0) is 0 Å². The van der Waals surface area contributed by atoms with Gasteiger partial charge in [-0.05, 0) is 11.3 Å². The molecule has 0 fully saturated rings. The van der Waals surface area contributed by atoms with Gasteiger partial charge >= 0.3 is 5.97 Å². The molecule has 3 N–H and O–H groups in total. The number of nitrogens with zero attached hydrogens (tertiary/aromatic N) is 1. The van der Waals surface area contributed by atoms with Crippen LogP contribution in [0, 0.1) is 11.6 Å². The minimum atomic E-state index is -1.90. The fourth-order valence-electron chi connectivity index (χ4n) is 2.38. The molecule has 2 rings (SSSR count). The number of hydrogen-bond acceptors (Lipinski definition) is 4. The number of carboxylic acid groups (broad SMARTS) is 1. The number of carboxylic acids is 1. The number of nitrogen functional groups attached to an aromatic ring is 1. The van der Waals surface area contributed by atoms with E-state index in [1.807, 2.05) is 19.6 Å². The van der Waals surface area contributed by atoms with Crippen LogP contribution in [0.25, 0.3) is 11.3 Å². The number of aromatic carboxylic acids is 1. The van der Waals surface area contributed by atoms with Gasteiger partial charge in [-0.1, -0.05) is 31.8 Å². The lowest BCUT2D eigenvalue weighted by Gasteiger charge is -2.18. The summed E-state index contributed by atoms with van der Waals surface area (Å²) in [6.45, 7) is 5.95. The number of halogens is 2. The molecule has 24 heavy (non-hydrogen) atoms. The quantitative estimate of drug-likeness (QED) is 0.827. The smallest absolute Gasteiger partial charge is 0.358 e. The Morgan fingerprint density at radius 3 is 2.38 bits per heavy atom. The van der Waals surface area contributed by atoms with E-state index in [1.165, 1.54) is 13.2 Å². The van der Waals surface area contributed by atoms with E-state index < -0.39 is 37.1 Å². The lowest BCUT2D eigenvalue weighted by Crippen LogP contribution is -2.39. The molecule has 0 radical (unpaired) electrons. The van der Waals surface area contributed by atoms with Crippen molar-refractivity contribution in [2.75, 3.05) is 12.8 Å². The third-order valence-corrected chi connectivity index (χ3v) is 5.61. The molecule has 1 aromatic carbocycles. The predicted octanol–water partition coefficient (Wildman–Crippen LogP) is 2.86. The first kappa shape index (κ1) is 17.9. The number of pyridine rings is 1. The Morgan fingerprint density at radius 1 is 1.29 bits per heavy atom. The van der Waals surface area contributed by atoms with Crippen molar-refractivity contribution >= 4 is 24.9 Å². The largest absolute Gasteiger partial charge is 0.492 e. The van der Waals surface area contributed by atoms with Crippen molar-refractivity contribution in [2.45, 2.75) is 19.6 Å². The van der Waals surface area contributed by atoms with Crippen LogP contribution in [0.1, 0.15) is 10.5 Å². The summed E-state index contributed by atoms with van der Waals surface area (Å²) in [5.74, 6) is -3.20. The van der Waals surface area contributed by atoms with Gasteiger partial charge in [0.05, 0.1) is 15.2 Å². The first-order chi connectivity index (χ1) is 11.1. The molecule has 0 amide bonds. The van der Waals surface area contributed by atoms with Gasteiger partial charge in [-0.3, -0.25) is 0 Å². The number of nitrogens with two attached hydrogens (primary N) is 1. The summed E-state index contributed by atoms with van der Waals surface area (Å²) in [7, 11) is -0.730. The van der Waals surface area contributed by atoms with Crippen LogP contribution in [-0.4, -0.2) is 31.2 Å². The number of ether oxygens (including phenoxy) is 1. The normalized spacial score (nSPS) is 11.4. The molecule has 0 atom stereocenters. The Kier molecular flexibility index (Phi) is 4.61. The number of rotatable bonds is 4. The molecular weight excluding hydrogens is 334 g/mol. The van der Waals surface area contributed by atoms with Gasteiger partial charge in [0.1, 0.15) is 17.2 Å². The lowest BCUT2D eigenvalue weighted by atomic mass is 10.1. The molecule has 2 aromatic rings. The molecule has 0 spiro atoms. The number of benzene rings is 1. The maximum Gasteiger partial charge on any atom is 0.358 e. The van der Waals surface area contributed by atoms with Crippen molar-refractivity contribution in [2.24, 2.45) is 0 Å². The number of carbonyl (C=O) groups is 1. The first-order valence-corrected chi connectivity index (χ1v) is 10.6. The van der Waals surface area contributed by atoms with Crippen LogP contribution in [0.3, 0.4) is 0 Å². The van der Waals surface area contributed by atoms with Gasteiger partial charge in [-0.15, -0.1) is 0 Å². The van der Waals surface area contributed by atoms with E-state index in [4.69, 9.17) is 10.5 Å². The summed E-state index contributed by atoms with van der Waals surface area (Å²) in [6, 6.07) is 4.25. The Morgan fingerprint density at radius 2 is 1.92 bits per heavy atom. The summed E-state index contributed by atoms with van der Waals surface area (Å²) in [6.07, 6.45) is 0. The van der Waals surface area contributed by atoms with Gasteiger partial charge in [0.15, 0.2) is 17.3 Å². The van der Waals surface area contributed by atoms with Gasteiger partial charge in [-0.25, -0.2) is 18.6 Å². The van der Waals surface area contributed by atoms with Crippen LogP contribution in [0.2, 0.25) is 19.6 Å². The summed E-state index contributed by atoms with van der Waals surface area (Å²) < 4.78 is 33.7. The van der Waals surface area contributed by atoms with E-state index >= 15 is 0 Å². The number of methoxy groups -OCH3 is 1. The minimum Gasteiger partial charge on any atom is -0.492 e. The average Bonchev–Trinajstić information content (AvgIpc) is 2.48. The van der Waals surface area contributed by atoms with E-state index in [1.54, 1.807) is 6.07 Å². The zero-order chi connectivity index (χ0) is 18.2. The molecule has 0 saturated heterocycles. The molecule has 8 heteroatoms. The molecule has 128 valence electrons. The zero-order valence-electron chi connectivity index (χ0n) is 13.8. The Hall–Kier alpha value is -2.48. The minimum absolute atomic E-state index is 0.115. The zero-order valence-corrected chi connectivity index (χ0v) is 14.8. The van der Waals surface area contributed by atoms with Crippen LogP contribution >= 0.6 is 0 Å². The average molecular weight is 352 g/mol. The van der Waals surface area contributed by atoms with Crippen molar-refractivity contribution in [3.05, 3.63) is 35.5 Å². The Labute approximate surface area is 139 Å². The molecule has 0 aliphatic heterocycles. The predicted molar refractivity (Wildman–Crippen MR) is 90.5 cm³/mol. The van der Waals surface area contributed by atoms with Crippen LogP contribution in [0.4, 0.5) is 14.5 Å². The second-order valence-electron chi connectivity index (χ2n) is 6.32. The van der Waals surface area contributed by atoms with Crippen molar-refractivity contribution < 1.29 is 23.4 Å². The van der Waals surface area contributed by atoms with Crippen molar-refractivity contribution in [1.29, 1.82) is 0 Å². The standard InChI is InChI=1S/C16H18F2N2O3Si/c1-23-15-12(19)11(18)13(20-14(15)16(21)22)8-5-6-10(9(17)7-8)24(2,3)4/h5-7H,1-4H3,(H2,19,20)(H,21,22). The van der Waals surface area contributed by atoms with Gasteiger partial charge < -0.3 is 15.6 Å². The van der Waals surface area contributed by atoms with E-state index in [2.05, 4.69) is 4.98 Å². The highest BCUT2D eigenvalue weighted by atomic mass is 28.3. The fourth-order valence-corrected chi connectivity index (χ4v) is 3.75. The summed E-state index contributed by atoms with van der Waals surface area (Å²) in [5, 5.41) is 9.79. The summed E-state index contributed by atoms with van der Waals surface area (Å²) in [4.78, 5) is 15.1. The molecule has 0 unspecified atom stereocenters. The van der Waals surface area contributed by atoms with Crippen LogP contribution in [0.15, 0.2) is 18.2 Å². The highest BCUT2D eigenvalue weighted by Gasteiger charge is 2.25. The molecule has 5 nitrogen and oxygen atoms in total. The Bertz CT molecular complexity index is 820. The third-order valence-electron chi connectivity index (χ3n) is 3.58. The van der Waals surface area contributed by atoms with Crippen molar-refractivity contribution in [3.63, 3.8) is 0 Å². The monoisotopic (exact) mass is 352 g/mol. The fraction of sp³-hybridized carbons (Fsp3) is 0.250. The molecule has 0 bridgehead atoms. The van der Waals surface area contributed by atoms with Crippen molar-refractivity contribution in [1.82, 2.24) is 4.98 Å². The first-order valence-electron chi connectivity index (χ1n) is 7.14. The Balaban J connectivity index is 2.69. The van der Waals surface area contributed by atoms with Crippen LogP contribution in [0.5, 0.6) is 5.75 Å². The molecular formula is C16H18F2N2O3Si. The van der Waals surface area contributed by atoms with E-state index in [0.717, 1.165) is 6.07 Å². The van der Waals surface area contributed by atoms with Gasteiger partial charge in [0.25, 0.3) is 0 Å². The number of aromatic nitrogens is 1. The summed E-state index contributed by atoms with van der Waals surface area (Å²) in [5.41, 5.74) is 4.40. The second kappa shape index (κ2) is 6.20. The third kappa shape index (κ3) is 3.09.